The molecule has 1 aromatic heterocycles. The van der Waals surface area contributed by atoms with Gasteiger partial charge in [-0.2, -0.15) is 0 Å². The van der Waals surface area contributed by atoms with Crippen LogP contribution in [0.5, 0.6) is 0 Å². The maximum absolute atomic E-state index is 11.0. The summed E-state index contributed by atoms with van der Waals surface area (Å²) in [7, 11) is 0. The van der Waals surface area contributed by atoms with Crippen molar-refractivity contribution in [3.05, 3.63) is 23.7 Å². The van der Waals surface area contributed by atoms with Crippen molar-refractivity contribution in [2.24, 2.45) is 0 Å². The number of piperidine rings is 1. The second-order valence-electron chi connectivity index (χ2n) is 4.95. The molecule has 0 aliphatic carbocycles. The Labute approximate surface area is 110 Å². The van der Waals surface area contributed by atoms with Gasteiger partial charge in [0.25, 0.3) is 0 Å². The molecule has 0 bridgehead atoms. The normalized spacial score (nSPS) is 22.9. The molecule has 1 aromatic rings. The average Bonchev–Trinajstić information content (AvgIpc) is 3.02. The third-order valence-electron chi connectivity index (χ3n) is 3.77. The van der Waals surface area contributed by atoms with Crippen LogP contribution >= 0.6 is 0 Å². The van der Waals surface area contributed by atoms with Crippen molar-refractivity contribution in [3.8, 4) is 0 Å². The Balaban J connectivity index is 1.60. The lowest BCUT2D eigenvalue weighted by atomic mass is 10.0. The van der Waals surface area contributed by atoms with Crippen LogP contribution in [-0.4, -0.2) is 48.1 Å². The van der Waals surface area contributed by atoms with Gasteiger partial charge in [-0.15, -0.1) is 0 Å². The molecule has 2 saturated heterocycles. The zero-order valence-corrected chi connectivity index (χ0v) is 10.6. The first-order chi connectivity index (χ1) is 9.19. The summed E-state index contributed by atoms with van der Waals surface area (Å²) in [6.07, 6.45) is 3.06. The van der Waals surface area contributed by atoms with Gasteiger partial charge in [0.15, 0.2) is 5.79 Å². The second kappa shape index (κ2) is 4.96. The fraction of sp³-hybridized carbons (Fsp3) is 0.615. The molecular formula is C13H17NO5. The molecule has 104 valence electrons. The summed E-state index contributed by atoms with van der Waals surface area (Å²) in [5.74, 6) is -0.827. The van der Waals surface area contributed by atoms with E-state index in [9.17, 15) is 4.79 Å². The number of hydrogen-bond donors (Lipinski definition) is 1. The number of nitrogens with zero attached hydrogens (tertiary/aromatic N) is 1. The van der Waals surface area contributed by atoms with Gasteiger partial charge in [0.05, 0.1) is 26.0 Å². The van der Waals surface area contributed by atoms with E-state index in [2.05, 4.69) is 4.90 Å². The Bertz CT molecular complexity index is 453. The van der Waals surface area contributed by atoms with Gasteiger partial charge in [0, 0.05) is 25.9 Å². The first-order valence-corrected chi connectivity index (χ1v) is 6.48. The van der Waals surface area contributed by atoms with E-state index in [0.717, 1.165) is 25.9 Å². The molecule has 0 amide bonds. The number of carbonyl (C=O) groups is 1. The van der Waals surface area contributed by atoms with E-state index >= 15 is 0 Å². The van der Waals surface area contributed by atoms with Gasteiger partial charge in [-0.05, 0) is 6.07 Å². The van der Waals surface area contributed by atoms with Crippen molar-refractivity contribution in [2.45, 2.75) is 25.2 Å². The molecule has 1 spiro atoms. The van der Waals surface area contributed by atoms with Crippen LogP contribution in [0.1, 0.15) is 29.0 Å². The topological polar surface area (TPSA) is 72.1 Å². The van der Waals surface area contributed by atoms with Crippen LogP contribution in [0.25, 0.3) is 0 Å². The highest BCUT2D eigenvalue weighted by Gasteiger charge is 2.39. The Morgan fingerprint density at radius 2 is 2.00 bits per heavy atom. The van der Waals surface area contributed by atoms with Gasteiger partial charge < -0.3 is 19.0 Å². The number of ether oxygens (including phenoxy) is 2. The van der Waals surface area contributed by atoms with Gasteiger partial charge in [-0.25, -0.2) is 4.79 Å². The van der Waals surface area contributed by atoms with Crippen LogP contribution in [0.15, 0.2) is 16.7 Å². The van der Waals surface area contributed by atoms with Crippen LogP contribution in [0.3, 0.4) is 0 Å². The van der Waals surface area contributed by atoms with Crippen LogP contribution in [0, 0.1) is 0 Å². The van der Waals surface area contributed by atoms with Crippen molar-refractivity contribution in [2.75, 3.05) is 26.3 Å². The molecule has 2 fully saturated rings. The molecule has 6 nitrogen and oxygen atoms in total. The molecule has 19 heavy (non-hydrogen) atoms. The summed E-state index contributed by atoms with van der Waals surface area (Å²) < 4.78 is 16.6. The van der Waals surface area contributed by atoms with Crippen molar-refractivity contribution in [3.63, 3.8) is 0 Å². The van der Waals surface area contributed by atoms with E-state index in [0.29, 0.717) is 25.5 Å². The number of furan rings is 1. The maximum atomic E-state index is 11.0. The van der Waals surface area contributed by atoms with Crippen molar-refractivity contribution >= 4 is 5.97 Å². The highest BCUT2D eigenvalue weighted by atomic mass is 16.7. The third kappa shape index (κ3) is 2.51. The highest BCUT2D eigenvalue weighted by Crippen LogP contribution is 2.31. The number of carboxylic acids is 1. The van der Waals surface area contributed by atoms with Crippen LogP contribution in [0.2, 0.25) is 0 Å². The Hall–Kier alpha value is -1.37. The van der Waals surface area contributed by atoms with Crippen molar-refractivity contribution < 1.29 is 23.8 Å². The third-order valence-corrected chi connectivity index (χ3v) is 3.77. The quantitative estimate of drug-likeness (QED) is 0.890. The monoisotopic (exact) mass is 267 g/mol. The van der Waals surface area contributed by atoms with E-state index < -0.39 is 11.8 Å². The lowest BCUT2D eigenvalue weighted by molar-refractivity contribution is -0.186. The minimum atomic E-state index is -0.945. The smallest absolute Gasteiger partial charge is 0.339 e. The Kier molecular flexibility index (Phi) is 3.30. The van der Waals surface area contributed by atoms with Crippen LogP contribution in [0.4, 0.5) is 0 Å². The molecule has 3 heterocycles. The second-order valence-corrected chi connectivity index (χ2v) is 4.95. The van der Waals surface area contributed by atoms with Gasteiger partial charge >= 0.3 is 5.97 Å². The van der Waals surface area contributed by atoms with E-state index in [4.69, 9.17) is 19.0 Å². The summed E-state index contributed by atoms with van der Waals surface area (Å²) in [4.78, 5) is 13.2. The summed E-state index contributed by atoms with van der Waals surface area (Å²) in [5, 5.41) is 9.03. The summed E-state index contributed by atoms with van der Waals surface area (Å²) >= 11 is 0. The first kappa shape index (κ1) is 12.7. The van der Waals surface area contributed by atoms with E-state index in [1.54, 1.807) is 0 Å². The number of carboxylic acid groups (broad SMARTS) is 1. The molecule has 3 rings (SSSR count). The molecule has 1 N–H and O–H groups in total. The predicted molar refractivity (Wildman–Crippen MR) is 64.8 cm³/mol. The van der Waals surface area contributed by atoms with Gasteiger partial charge in [-0.3, -0.25) is 4.90 Å². The lowest BCUT2D eigenvalue weighted by Crippen LogP contribution is -2.44. The summed E-state index contributed by atoms with van der Waals surface area (Å²) in [6, 6.07) is 1.49. The number of hydrogen-bond acceptors (Lipinski definition) is 5. The van der Waals surface area contributed by atoms with Gasteiger partial charge in [-0.1, -0.05) is 0 Å². The molecule has 0 aromatic carbocycles. The van der Waals surface area contributed by atoms with E-state index in [1.807, 2.05) is 0 Å². The summed E-state index contributed by atoms with van der Waals surface area (Å²) in [6.45, 7) is 3.49. The molecule has 2 aliphatic heterocycles. The zero-order chi connectivity index (χ0) is 13.3. The number of aromatic carboxylic acids is 1. The molecule has 0 unspecified atom stereocenters. The van der Waals surface area contributed by atoms with Crippen molar-refractivity contribution in [1.82, 2.24) is 4.90 Å². The summed E-state index contributed by atoms with van der Waals surface area (Å²) in [5.41, 5.74) is 0.244. The predicted octanol–water partition coefficient (Wildman–Crippen LogP) is 1.32. The molecule has 0 saturated carbocycles. The minimum Gasteiger partial charge on any atom is -0.478 e. The minimum absolute atomic E-state index is 0.244. The maximum Gasteiger partial charge on any atom is 0.339 e. The van der Waals surface area contributed by atoms with Gasteiger partial charge in [0.2, 0.25) is 0 Å². The Morgan fingerprint density at radius 3 is 2.63 bits per heavy atom. The molecule has 0 atom stereocenters. The van der Waals surface area contributed by atoms with Crippen LogP contribution < -0.4 is 0 Å². The zero-order valence-electron chi connectivity index (χ0n) is 10.6. The van der Waals surface area contributed by atoms with Gasteiger partial charge in [0.1, 0.15) is 11.3 Å². The highest BCUT2D eigenvalue weighted by molar-refractivity contribution is 5.88. The Morgan fingerprint density at radius 1 is 1.32 bits per heavy atom. The molecule has 6 heteroatoms. The SMILES string of the molecule is O=C(O)c1ccoc1CN1CCC2(CC1)OCCO2. The van der Waals surface area contributed by atoms with Crippen LogP contribution in [-0.2, 0) is 16.0 Å². The standard InChI is InChI=1S/C13H17NO5/c15-12(16)10-1-6-17-11(10)9-14-4-2-13(3-5-14)18-7-8-19-13/h1,6H,2-5,7-9H2,(H,15,16). The molecule has 0 radical (unpaired) electrons. The fourth-order valence-electron chi connectivity index (χ4n) is 2.69. The van der Waals surface area contributed by atoms with Crippen molar-refractivity contribution in [1.29, 1.82) is 0 Å². The number of likely N-dealkylation sites (tertiary alicyclic amines) is 1. The molecule has 2 aliphatic rings. The average molecular weight is 267 g/mol. The molecular weight excluding hydrogens is 250 g/mol. The fourth-order valence-corrected chi connectivity index (χ4v) is 2.69. The largest absolute Gasteiger partial charge is 0.478 e. The lowest BCUT2D eigenvalue weighted by Gasteiger charge is -2.37. The first-order valence-electron chi connectivity index (χ1n) is 6.48. The van der Waals surface area contributed by atoms with E-state index in [1.165, 1.54) is 12.3 Å². The van der Waals surface area contributed by atoms with E-state index in [-0.39, 0.29) is 5.56 Å². The number of rotatable bonds is 3.